The molecular formula is C20H25F2N3O3. The van der Waals surface area contributed by atoms with Gasteiger partial charge in [0.25, 0.3) is 6.43 Å². The van der Waals surface area contributed by atoms with Crippen molar-refractivity contribution in [3.05, 3.63) is 36.2 Å². The fourth-order valence-electron chi connectivity index (χ4n) is 2.82. The number of alkyl halides is 2. The van der Waals surface area contributed by atoms with Crippen LogP contribution < -0.4 is 10.1 Å². The Labute approximate surface area is 163 Å². The number of hydrogen-bond donors (Lipinski definition) is 1. The number of methoxy groups -OCH3 is 1. The number of anilines is 1. The molecule has 2 aromatic rings. The summed E-state index contributed by atoms with van der Waals surface area (Å²) >= 11 is 0. The predicted molar refractivity (Wildman–Crippen MR) is 103 cm³/mol. The Balaban J connectivity index is 2.22. The van der Waals surface area contributed by atoms with Crippen LogP contribution in [0.25, 0.3) is 11.3 Å². The van der Waals surface area contributed by atoms with Crippen LogP contribution in [-0.4, -0.2) is 29.8 Å². The fourth-order valence-corrected chi connectivity index (χ4v) is 2.82. The first kappa shape index (κ1) is 21.5. The summed E-state index contributed by atoms with van der Waals surface area (Å²) in [5.74, 6) is 1.06. The largest absolute Gasteiger partial charge is 0.491 e. The van der Waals surface area contributed by atoms with E-state index >= 15 is 0 Å². The maximum Gasteiger partial charge on any atom is 0.412 e. The number of halogens is 2. The lowest BCUT2D eigenvalue weighted by Gasteiger charge is -2.17. The van der Waals surface area contributed by atoms with Gasteiger partial charge in [-0.05, 0) is 42.5 Å². The molecule has 0 bridgehead atoms. The molecular weight excluding hydrogens is 368 g/mol. The average Bonchev–Trinajstić information content (AvgIpc) is 2.65. The topological polar surface area (TPSA) is 73.3 Å². The van der Waals surface area contributed by atoms with Gasteiger partial charge in [-0.2, -0.15) is 0 Å². The van der Waals surface area contributed by atoms with Crippen LogP contribution in [0.3, 0.4) is 0 Å². The fraction of sp³-hybridized carbons (Fsp3) is 0.450. The molecule has 0 spiro atoms. The summed E-state index contributed by atoms with van der Waals surface area (Å²) < 4.78 is 37.2. The maximum atomic E-state index is 13.5. The smallest absolute Gasteiger partial charge is 0.412 e. The van der Waals surface area contributed by atoms with Gasteiger partial charge in [0.1, 0.15) is 17.3 Å². The molecule has 6 nitrogen and oxygen atoms in total. The summed E-state index contributed by atoms with van der Waals surface area (Å²) in [6.45, 7) is 6.59. The van der Waals surface area contributed by atoms with E-state index < -0.39 is 18.2 Å². The van der Waals surface area contributed by atoms with Gasteiger partial charge in [0, 0.05) is 11.8 Å². The third kappa shape index (κ3) is 6.14. The first-order valence-electron chi connectivity index (χ1n) is 9.03. The van der Waals surface area contributed by atoms with E-state index in [0.29, 0.717) is 23.8 Å². The second kappa shape index (κ2) is 9.96. The van der Waals surface area contributed by atoms with Crippen LogP contribution in [0.1, 0.15) is 39.3 Å². The SMILES string of the molecule is COC(=O)Nc1cc(-c2ccc(OCC(C)CC(C)C)c(C(F)F)n2)ccn1. The van der Waals surface area contributed by atoms with Gasteiger partial charge in [-0.15, -0.1) is 0 Å². The van der Waals surface area contributed by atoms with Gasteiger partial charge in [-0.1, -0.05) is 20.8 Å². The third-order valence-corrected chi connectivity index (χ3v) is 3.96. The first-order chi connectivity index (χ1) is 13.3. The minimum Gasteiger partial charge on any atom is -0.491 e. The summed E-state index contributed by atoms with van der Waals surface area (Å²) in [6.07, 6.45) is -1.06. The van der Waals surface area contributed by atoms with Crippen molar-refractivity contribution in [3.8, 4) is 17.0 Å². The molecule has 8 heteroatoms. The highest BCUT2D eigenvalue weighted by Crippen LogP contribution is 2.31. The molecule has 1 N–H and O–H groups in total. The number of ether oxygens (including phenoxy) is 2. The number of amides is 1. The number of hydrogen-bond acceptors (Lipinski definition) is 5. The summed E-state index contributed by atoms with van der Waals surface area (Å²) in [5.41, 5.74) is 0.449. The van der Waals surface area contributed by atoms with Crippen molar-refractivity contribution >= 4 is 11.9 Å². The Morgan fingerprint density at radius 1 is 1.21 bits per heavy atom. The molecule has 0 aliphatic heterocycles. The Morgan fingerprint density at radius 3 is 2.61 bits per heavy atom. The molecule has 2 heterocycles. The number of aromatic nitrogens is 2. The highest BCUT2D eigenvalue weighted by atomic mass is 19.3. The second-order valence-corrected chi connectivity index (χ2v) is 6.97. The van der Waals surface area contributed by atoms with E-state index in [1.54, 1.807) is 12.1 Å². The summed E-state index contributed by atoms with van der Waals surface area (Å²) in [5, 5.41) is 2.43. The van der Waals surface area contributed by atoms with E-state index in [9.17, 15) is 13.6 Å². The Bertz CT molecular complexity index is 800. The van der Waals surface area contributed by atoms with E-state index in [0.717, 1.165) is 6.42 Å². The van der Waals surface area contributed by atoms with Crippen LogP contribution in [0.5, 0.6) is 5.75 Å². The lowest BCUT2D eigenvalue weighted by molar-refractivity contribution is 0.137. The molecule has 2 rings (SSSR count). The zero-order valence-electron chi connectivity index (χ0n) is 16.4. The Hall–Kier alpha value is -2.77. The molecule has 0 aliphatic carbocycles. The summed E-state index contributed by atoms with van der Waals surface area (Å²) in [6, 6.07) is 6.25. The van der Waals surface area contributed by atoms with Crippen LogP contribution in [0, 0.1) is 11.8 Å². The molecule has 0 saturated carbocycles. The van der Waals surface area contributed by atoms with Crippen molar-refractivity contribution in [2.75, 3.05) is 19.0 Å². The second-order valence-electron chi connectivity index (χ2n) is 6.97. The van der Waals surface area contributed by atoms with Crippen molar-refractivity contribution in [1.29, 1.82) is 0 Å². The zero-order valence-corrected chi connectivity index (χ0v) is 16.4. The van der Waals surface area contributed by atoms with E-state index in [1.165, 1.54) is 25.4 Å². The number of pyridine rings is 2. The quantitative estimate of drug-likeness (QED) is 0.657. The van der Waals surface area contributed by atoms with E-state index in [2.05, 4.69) is 33.9 Å². The minimum atomic E-state index is -2.77. The van der Waals surface area contributed by atoms with Crippen LogP contribution in [0.2, 0.25) is 0 Å². The van der Waals surface area contributed by atoms with Gasteiger partial charge >= 0.3 is 6.09 Å². The van der Waals surface area contributed by atoms with Gasteiger partial charge in [0.2, 0.25) is 0 Å². The highest BCUT2D eigenvalue weighted by Gasteiger charge is 2.19. The van der Waals surface area contributed by atoms with E-state index in [-0.39, 0.29) is 17.5 Å². The number of carbonyl (C=O) groups is 1. The number of nitrogens with one attached hydrogen (secondary N) is 1. The van der Waals surface area contributed by atoms with Gasteiger partial charge in [-0.3, -0.25) is 5.32 Å². The normalized spacial score (nSPS) is 12.1. The van der Waals surface area contributed by atoms with Gasteiger partial charge in [-0.25, -0.2) is 23.5 Å². The number of rotatable bonds is 8. The molecule has 1 atom stereocenters. The lowest BCUT2D eigenvalue weighted by atomic mass is 10.00. The minimum absolute atomic E-state index is 0.0799. The van der Waals surface area contributed by atoms with Gasteiger partial charge in [0.15, 0.2) is 0 Å². The van der Waals surface area contributed by atoms with Crippen molar-refractivity contribution in [2.24, 2.45) is 11.8 Å². The molecule has 1 unspecified atom stereocenters. The molecule has 0 fully saturated rings. The average molecular weight is 393 g/mol. The predicted octanol–water partition coefficient (Wildman–Crippen LogP) is 5.32. The molecule has 2 aromatic heterocycles. The molecule has 28 heavy (non-hydrogen) atoms. The monoisotopic (exact) mass is 393 g/mol. The summed E-state index contributed by atoms with van der Waals surface area (Å²) in [4.78, 5) is 19.4. The van der Waals surface area contributed by atoms with Crippen LogP contribution >= 0.6 is 0 Å². The standard InChI is InChI=1S/C20H25F2N3O3/c1-12(2)9-13(3)11-28-16-6-5-15(24-18(16)19(21)22)14-7-8-23-17(10-14)25-20(26)27-4/h5-8,10,12-13,19H,9,11H2,1-4H3,(H,23,25,26). The van der Waals surface area contributed by atoms with Gasteiger partial charge < -0.3 is 9.47 Å². The molecule has 152 valence electrons. The lowest BCUT2D eigenvalue weighted by Crippen LogP contribution is -2.13. The van der Waals surface area contributed by atoms with E-state index in [4.69, 9.17) is 4.74 Å². The number of nitrogens with zero attached hydrogens (tertiary/aromatic N) is 2. The van der Waals surface area contributed by atoms with Crippen molar-refractivity contribution in [3.63, 3.8) is 0 Å². The van der Waals surface area contributed by atoms with Gasteiger partial charge in [0.05, 0.1) is 19.4 Å². The molecule has 0 radical (unpaired) electrons. The Kier molecular flexibility index (Phi) is 7.66. The van der Waals surface area contributed by atoms with Crippen molar-refractivity contribution in [1.82, 2.24) is 9.97 Å². The zero-order chi connectivity index (χ0) is 20.7. The molecule has 0 aromatic carbocycles. The number of carbonyl (C=O) groups excluding carboxylic acids is 1. The highest BCUT2D eigenvalue weighted by molar-refractivity contribution is 5.84. The van der Waals surface area contributed by atoms with Crippen LogP contribution in [-0.2, 0) is 4.74 Å². The van der Waals surface area contributed by atoms with Crippen LogP contribution in [0.15, 0.2) is 30.5 Å². The Morgan fingerprint density at radius 2 is 1.96 bits per heavy atom. The molecule has 1 amide bonds. The van der Waals surface area contributed by atoms with Crippen molar-refractivity contribution in [2.45, 2.75) is 33.6 Å². The third-order valence-electron chi connectivity index (χ3n) is 3.96. The maximum absolute atomic E-state index is 13.5. The summed E-state index contributed by atoms with van der Waals surface area (Å²) in [7, 11) is 1.23. The molecule has 0 aliphatic rings. The molecule has 0 saturated heterocycles. The first-order valence-corrected chi connectivity index (χ1v) is 9.03. The van der Waals surface area contributed by atoms with E-state index in [1.807, 2.05) is 6.92 Å². The van der Waals surface area contributed by atoms with Crippen LogP contribution in [0.4, 0.5) is 19.4 Å². The van der Waals surface area contributed by atoms with Crippen molar-refractivity contribution < 1.29 is 23.0 Å².